The van der Waals surface area contributed by atoms with Crippen LogP contribution in [0.4, 0.5) is 0 Å². The first-order valence-electron chi connectivity index (χ1n) is 9.62. The number of hydrogen-bond donors (Lipinski definition) is 1. The number of nitrogens with zero attached hydrogens (tertiary/aromatic N) is 1. The summed E-state index contributed by atoms with van der Waals surface area (Å²) in [6, 6.07) is 9.80. The number of rotatable bonds is 10. The zero-order valence-electron chi connectivity index (χ0n) is 17.6. The Bertz CT molecular complexity index is 866. The molecule has 8 nitrogen and oxygen atoms in total. The third kappa shape index (κ3) is 5.97. The van der Waals surface area contributed by atoms with Crippen molar-refractivity contribution in [2.45, 2.75) is 20.8 Å². The Balaban J connectivity index is 2.17. The highest BCUT2D eigenvalue weighted by Gasteiger charge is 2.18. The van der Waals surface area contributed by atoms with Crippen LogP contribution < -0.4 is 19.6 Å². The van der Waals surface area contributed by atoms with Gasteiger partial charge in [-0.3, -0.25) is 4.79 Å². The second-order valence-electron chi connectivity index (χ2n) is 5.91. The highest BCUT2D eigenvalue weighted by atomic mass is 16.5. The number of hydrogen-bond acceptors (Lipinski definition) is 7. The molecule has 30 heavy (non-hydrogen) atoms. The monoisotopic (exact) mass is 414 g/mol. The lowest BCUT2D eigenvalue weighted by Gasteiger charge is -2.16. The molecular formula is C22H26N2O6. The maximum atomic E-state index is 12.6. The lowest BCUT2D eigenvalue weighted by molar-refractivity contribution is 0.0600. The SMILES string of the molecule is CCOc1cc(C(=O)N/N=C/c2ccc(C(=O)OC)cc2)cc(OCC)c1OCC. The van der Waals surface area contributed by atoms with E-state index >= 15 is 0 Å². The molecule has 0 bridgehead atoms. The standard InChI is InChI=1S/C22H26N2O6/c1-5-28-18-12-17(13-19(29-6-2)20(18)30-7-3)21(25)24-23-14-15-8-10-16(11-9-15)22(26)27-4/h8-14H,5-7H2,1-4H3,(H,24,25)/b23-14+. The van der Waals surface area contributed by atoms with Crippen molar-refractivity contribution in [2.75, 3.05) is 26.9 Å². The number of benzene rings is 2. The van der Waals surface area contributed by atoms with E-state index in [0.717, 1.165) is 0 Å². The van der Waals surface area contributed by atoms with Gasteiger partial charge in [0, 0.05) is 5.56 Å². The molecule has 1 amide bonds. The average Bonchev–Trinajstić information content (AvgIpc) is 2.76. The molecule has 0 heterocycles. The highest BCUT2D eigenvalue weighted by molar-refractivity contribution is 5.96. The third-order valence-corrected chi connectivity index (χ3v) is 3.88. The third-order valence-electron chi connectivity index (χ3n) is 3.88. The van der Waals surface area contributed by atoms with E-state index < -0.39 is 11.9 Å². The fraction of sp³-hybridized carbons (Fsp3) is 0.318. The van der Waals surface area contributed by atoms with Crippen molar-refractivity contribution in [3.8, 4) is 17.2 Å². The molecule has 160 valence electrons. The van der Waals surface area contributed by atoms with Crippen LogP contribution in [0.1, 0.15) is 47.1 Å². The van der Waals surface area contributed by atoms with Crippen LogP contribution >= 0.6 is 0 Å². The first-order chi connectivity index (χ1) is 14.5. The van der Waals surface area contributed by atoms with Crippen LogP contribution in [0.5, 0.6) is 17.2 Å². The largest absolute Gasteiger partial charge is 0.490 e. The number of carbonyl (C=O) groups excluding carboxylic acids is 2. The molecule has 1 N–H and O–H groups in total. The predicted octanol–water partition coefficient (Wildman–Crippen LogP) is 3.43. The van der Waals surface area contributed by atoms with E-state index in [1.165, 1.54) is 13.3 Å². The van der Waals surface area contributed by atoms with E-state index in [-0.39, 0.29) is 0 Å². The van der Waals surface area contributed by atoms with Crippen molar-refractivity contribution >= 4 is 18.1 Å². The molecule has 2 rings (SSSR count). The lowest BCUT2D eigenvalue weighted by Crippen LogP contribution is -2.18. The number of amides is 1. The number of esters is 1. The zero-order valence-corrected chi connectivity index (χ0v) is 17.6. The summed E-state index contributed by atoms with van der Waals surface area (Å²) in [5.41, 5.74) is 3.93. The van der Waals surface area contributed by atoms with Gasteiger partial charge in [0.2, 0.25) is 5.75 Å². The first kappa shape index (κ1) is 22.7. The van der Waals surface area contributed by atoms with Crippen LogP contribution in [0.2, 0.25) is 0 Å². The van der Waals surface area contributed by atoms with Crippen molar-refractivity contribution in [3.63, 3.8) is 0 Å². The molecule has 0 fully saturated rings. The summed E-state index contributed by atoms with van der Waals surface area (Å²) in [5, 5.41) is 3.97. The molecule has 0 saturated heterocycles. The molecule has 0 radical (unpaired) electrons. The minimum atomic E-state index is -0.428. The van der Waals surface area contributed by atoms with Crippen molar-refractivity contribution in [2.24, 2.45) is 5.10 Å². The molecule has 0 aliphatic rings. The smallest absolute Gasteiger partial charge is 0.337 e. The molecule has 0 aromatic heterocycles. The Morgan fingerprint density at radius 1 is 0.900 bits per heavy atom. The fourth-order valence-corrected chi connectivity index (χ4v) is 2.57. The van der Waals surface area contributed by atoms with Crippen LogP contribution in [0, 0.1) is 0 Å². The summed E-state index contributed by atoms with van der Waals surface area (Å²) in [6.07, 6.45) is 1.47. The molecule has 8 heteroatoms. The molecule has 2 aromatic rings. The Morgan fingerprint density at radius 2 is 1.47 bits per heavy atom. The molecular weight excluding hydrogens is 388 g/mol. The summed E-state index contributed by atoms with van der Waals surface area (Å²) in [7, 11) is 1.32. The van der Waals surface area contributed by atoms with Gasteiger partial charge in [-0.1, -0.05) is 12.1 Å². The van der Waals surface area contributed by atoms with Crippen molar-refractivity contribution in [1.82, 2.24) is 5.43 Å². The van der Waals surface area contributed by atoms with E-state index in [4.69, 9.17) is 14.2 Å². The quantitative estimate of drug-likeness (QED) is 0.364. The first-order valence-corrected chi connectivity index (χ1v) is 9.62. The number of hydrazone groups is 1. The average molecular weight is 414 g/mol. The minimum Gasteiger partial charge on any atom is -0.490 e. The maximum Gasteiger partial charge on any atom is 0.337 e. The van der Waals surface area contributed by atoms with Crippen LogP contribution in [-0.4, -0.2) is 45.0 Å². The van der Waals surface area contributed by atoms with Crippen molar-refractivity contribution in [1.29, 1.82) is 0 Å². The Labute approximate surface area is 175 Å². The molecule has 2 aromatic carbocycles. The van der Waals surface area contributed by atoms with E-state index in [9.17, 15) is 9.59 Å². The summed E-state index contributed by atoms with van der Waals surface area (Å²) >= 11 is 0. The van der Waals surface area contributed by atoms with E-state index in [1.54, 1.807) is 36.4 Å². The van der Waals surface area contributed by atoms with E-state index in [0.29, 0.717) is 53.8 Å². The van der Waals surface area contributed by atoms with Gasteiger partial charge in [-0.15, -0.1) is 0 Å². The number of methoxy groups -OCH3 is 1. The topological polar surface area (TPSA) is 95.5 Å². The summed E-state index contributed by atoms with van der Waals surface area (Å²) in [4.78, 5) is 24.0. The fourth-order valence-electron chi connectivity index (χ4n) is 2.57. The molecule has 0 saturated carbocycles. The van der Waals surface area contributed by atoms with Crippen LogP contribution in [-0.2, 0) is 4.74 Å². The van der Waals surface area contributed by atoms with Gasteiger partial charge in [-0.2, -0.15) is 5.10 Å². The second kappa shape index (κ2) is 11.5. The van der Waals surface area contributed by atoms with Crippen LogP contribution in [0.15, 0.2) is 41.5 Å². The van der Waals surface area contributed by atoms with Gasteiger partial charge in [-0.05, 0) is 50.6 Å². The van der Waals surface area contributed by atoms with E-state index in [1.807, 2.05) is 20.8 Å². The Kier molecular flexibility index (Phi) is 8.68. The molecule has 0 aliphatic carbocycles. The highest BCUT2D eigenvalue weighted by Crippen LogP contribution is 2.39. The van der Waals surface area contributed by atoms with Gasteiger partial charge in [0.25, 0.3) is 5.91 Å². The van der Waals surface area contributed by atoms with Gasteiger partial charge in [0.15, 0.2) is 11.5 Å². The zero-order chi connectivity index (χ0) is 21.9. The van der Waals surface area contributed by atoms with Gasteiger partial charge in [-0.25, -0.2) is 10.2 Å². The van der Waals surface area contributed by atoms with Gasteiger partial charge < -0.3 is 18.9 Å². The second-order valence-corrected chi connectivity index (χ2v) is 5.91. The van der Waals surface area contributed by atoms with Gasteiger partial charge in [0.05, 0.1) is 38.7 Å². The molecule has 0 unspecified atom stereocenters. The molecule has 0 aliphatic heterocycles. The minimum absolute atomic E-state index is 0.323. The molecule has 0 spiro atoms. The number of nitrogens with one attached hydrogen (secondary N) is 1. The predicted molar refractivity (Wildman–Crippen MR) is 113 cm³/mol. The van der Waals surface area contributed by atoms with Gasteiger partial charge >= 0.3 is 5.97 Å². The summed E-state index contributed by atoms with van der Waals surface area (Å²) in [6.45, 7) is 6.81. The van der Waals surface area contributed by atoms with Crippen LogP contribution in [0.25, 0.3) is 0 Å². The normalized spacial score (nSPS) is 10.5. The van der Waals surface area contributed by atoms with Crippen molar-refractivity contribution in [3.05, 3.63) is 53.1 Å². The number of carbonyl (C=O) groups is 2. The van der Waals surface area contributed by atoms with Gasteiger partial charge in [0.1, 0.15) is 0 Å². The summed E-state index contributed by atoms with van der Waals surface area (Å²) in [5.74, 6) is 0.475. The Hall–Kier alpha value is -3.55. The van der Waals surface area contributed by atoms with E-state index in [2.05, 4.69) is 15.3 Å². The molecule has 0 atom stereocenters. The summed E-state index contributed by atoms with van der Waals surface area (Å²) < 4.78 is 21.5. The van der Waals surface area contributed by atoms with Crippen molar-refractivity contribution < 1.29 is 28.5 Å². The lowest BCUT2D eigenvalue weighted by atomic mass is 10.1. The maximum absolute atomic E-state index is 12.6. The number of ether oxygens (including phenoxy) is 4. The Morgan fingerprint density at radius 3 is 1.97 bits per heavy atom. The van der Waals surface area contributed by atoms with Crippen LogP contribution in [0.3, 0.4) is 0 Å².